The van der Waals surface area contributed by atoms with E-state index in [1.165, 1.54) is 17.0 Å². The van der Waals surface area contributed by atoms with Gasteiger partial charge in [0.25, 0.3) is 0 Å². The Morgan fingerprint density at radius 1 is 1.17 bits per heavy atom. The molecule has 0 atom stereocenters. The third kappa shape index (κ3) is 1.73. The van der Waals surface area contributed by atoms with E-state index in [9.17, 15) is 13.2 Å². The first-order valence-electron chi connectivity index (χ1n) is 5.10. The summed E-state index contributed by atoms with van der Waals surface area (Å²) in [4.78, 5) is 3.93. The van der Waals surface area contributed by atoms with Gasteiger partial charge in [-0.2, -0.15) is 17.8 Å². The average molecular weight is 252 g/mol. The highest BCUT2D eigenvalue weighted by molar-refractivity contribution is 5.64. The summed E-state index contributed by atoms with van der Waals surface area (Å²) in [7, 11) is 0. The quantitative estimate of drug-likeness (QED) is 0.723. The molecule has 0 unspecified atom stereocenters. The van der Waals surface area contributed by atoms with Gasteiger partial charge in [0.15, 0.2) is 5.65 Å². The summed E-state index contributed by atoms with van der Waals surface area (Å²) in [5, 5.41) is 6.71. The molecule has 92 valence electrons. The molecule has 0 aliphatic rings. The lowest BCUT2D eigenvalue weighted by atomic mass is 10.1. The third-order valence-corrected chi connectivity index (χ3v) is 2.57. The van der Waals surface area contributed by atoms with Gasteiger partial charge < -0.3 is 0 Å². The Kier molecular flexibility index (Phi) is 2.16. The Hall–Kier alpha value is -2.31. The molecule has 2 aromatic heterocycles. The van der Waals surface area contributed by atoms with Crippen LogP contribution in [-0.2, 0) is 6.18 Å². The summed E-state index contributed by atoms with van der Waals surface area (Å²) in [6.45, 7) is 0. The molecule has 0 saturated heterocycles. The molecule has 0 radical (unpaired) electrons. The second-order valence-corrected chi connectivity index (χ2v) is 3.78. The summed E-state index contributed by atoms with van der Waals surface area (Å²) in [6.07, 6.45) is -2.98. The van der Waals surface area contributed by atoms with Crippen LogP contribution < -0.4 is 0 Å². The van der Waals surface area contributed by atoms with Gasteiger partial charge in [-0.1, -0.05) is 12.1 Å². The number of benzene rings is 1. The van der Waals surface area contributed by atoms with Crippen molar-refractivity contribution >= 4 is 5.65 Å². The Morgan fingerprint density at radius 3 is 2.72 bits per heavy atom. The van der Waals surface area contributed by atoms with Crippen LogP contribution in [0.15, 0.2) is 36.7 Å². The monoisotopic (exact) mass is 252 g/mol. The predicted molar refractivity (Wildman–Crippen MR) is 57.8 cm³/mol. The van der Waals surface area contributed by atoms with Gasteiger partial charge in [-0.05, 0) is 12.1 Å². The van der Waals surface area contributed by atoms with E-state index in [4.69, 9.17) is 0 Å². The topological polar surface area (TPSA) is 46.0 Å². The molecule has 0 spiro atoms. The highest BCUT2D eigenvalue weighted by Gasteiger charge is 2.30. The van der Waals surface area contributed by atoms with Crippen LogP contribution in [0, 0.1) is 0 Å². The molecule has 1 N–H and O–H groups in total. The minimum Gasteiger partial charge on any atom is -0.276 e. The number of aromatic nitrogens is 4. The molecule has 0 fully saturated rings. The van der Waals surface area contributed by atoms with Crippen molar-refractivity contribution in [2.45, 2.75) is 6.18 Å². The smallest absolute Gasteiger partial charge is 0.276 e. The van der Waals surface area contributed by atoms with Crippen LogP contribution in [0.1, 0.15) is 5.56 Å². The Labute approximate surface area is 99.1 Å². The Bertz CT molecular complexity index is 667. The standard InChI is InChI=1S/C11H7F3N4/c12-11(13,14)8-3-1-2-7(4-8)9-5-10-15-6-16-18(10)17-9/h1-6,17H. The minimum absolute atomic E-state index is 0.442. The Morgan fingerprint density at radius 2 is 2.00 bits per heavy atom. The van der Waals surface area contributed by atoms with E-state index in [1.807, 2.05) is 0 Å². The van der Waals surface area contributed by atoms with Gasteiger partial charge in [0.1, 0.15) is 6.33 Å². The summed E-state index contributed by atoms with van der Waals surface area (Å²) < 4.78 is 39.2. The zero-order valence-corrected chi connectivity index (χ0v) is 8.94. The number of rotatable bonds is 1. The second-order valence-electron chi connectivity index (χ2n) is 3.78. The summed E-state index contributed by atoms with van der Waals surface area (Å²) >= 11 is 0. The van der Waals surface area contributed by atoms with E-state index in [-0.39, 0.29) is 0 Å². The van der Waals surface area contributed by atoms with E-state index in [0.29, 0.717) is 16.9 Å². The third-order valence-electron chi connectivity index (χ3n) is 2.57. The number of halogens is 3. The highest BCUT2D eigenvalue weighted by atomic mass is 19.4. The molecule has 1 aromatic carbocycles. The van der Waals surface area contributed by atoms with Gasteiger partial charge >= 0.3 is 6.18 Å². The van der Waals surface area contributed by atoms with E-state index in [1.54, 1.807) is 12.1 Å². The number of nitrogens with zero attached hydrogens (tertiary/aromatic N) is 3. The van der Waals surface area contributed by atoms with Gasteiger partial charge in [0.05, 0.1) is 11.3 Å². The fraction of sp³-hybridized carbons (Fsp3) is 0.0909. The van der Waals surface area contributed by atoms with Crippen LogP contribution in [0.2, 0.25) is 0 Å². The van der Waals surface area contributed by atoms with Crippen LogP contribution in [0.3, 0.4) is 0 Å². The molecule has 3 aromatic rings. The van der Waals surface area contributed by atoms with Crippen molar-refractivity contribution in [1.29, 1.82) is 0 Å². The van der Waals surface area contributed by atoms with Crippen LogP contribution >= 0.6 is 0 Å². The highest BCUT2D eigenvalue weighted by Crippen LogP contribution is 2.31. The van der Waals surface area contributed by atoms with Gasteiger partial charge in [-0.15, -0.1) is 5.10 Å². The largest absolute Gasteiger partial charge is 0.416 e. The van der Waals surface area contributed by atoms with E-state index >= 15 is 0 Å². The summed E-state index contributed by atoms with van der Waals surface area (Å²) in [5.41, 5.74) is 0.858. The number of hydrogen-bond acceptors (Lipinski definition) is 2. The second kappa shape index (κ2) is 3.59. The zero-order valence-electron chi connectivity index (χ0n) is 8.94. The fourth-order valence-electron chi connectivity index (χ4n) is 1.72. The lowest BCUT2D eigenvalue weighted by molar-refractivity contribution is -0.137. The van der Waals surface area contributed by atoms with Crippen LogP contribution in [0.4, 0.5) is 13.2 Å². The number of H-pyrrole nitrogens is 1. The van der Waals surface area contributed by atoms with Crippen molar-refractivity contribution in [1.82, 2.24) is 19.8 Å². The first-order valence-corrected chi connectivity index (χ1v) is 5.10. The average Bonchev–Trinajstić information content (AvgIpc) is 2.88. The van der Waals surface area contributed by atoms with Gasteiger partial charge in [0.2, 0.25) is 0 Å². The SMILES string of the molecule is FC(F)(F)c1cccc(-c2cc3ncnn3[nH]2)c1. The number of alkyl halides is 3. The molecule has 0 aliphatic heterocycles. The molecule has 0 bridgehead atoms. The number of hydrogen-bond donors (Lipinski definition) is 1. The molecule has 2 heterocycles. The maximum Gasteiger partial charge on any atom is 0.416 e. The van der Waals surface area contributed by atoms with E-state index in [2.05, 4.69) is 15.2 Å². The lowest BCUT2D eigenvalue weighted by Gasteiger charge is -2.07. The lowest BCUT2D eigenvalue weighted by Crippen LogP contribution is -2.04. The molecular weight excluding hydrogens is 245 g/mol. The van der Waals surface area contributed by atoms with Crippen LogP contribution in [0.5, 0.6) is 0 Å². The molecule has 7 heteroatoms. The van der Waals surface area contributed by atoms with Crippen LogP contribution in [-0.4, -0.2) is 19.8 Å². The molecule has 18 heavy (non-hydrogen) atoms. The van der Waals surface area contributed by atoms with Crippen molar-refractivity contribution in [3.63, 3.8) is 0 Å². The normalized spacial score (nSPS) is 12.2. The Balaban J connectivity index is 2.09. The number of nitrogens with one attached hydrogen (secondary N) is 1. The van der Waals surface area contributed by atoms with Crippen molar-refractivity contribution in [3.8, 4) is 11.3 Å². The molecular formula is C11H7F3N4. The summed E-state index contributed by atoms with van der Waals surface area (Å²) in [6, 6.07) is 6.74. The molecule has 0 saturated carbocycles. The van der Waals surface area contributed by atoms with Crippen molar-refractivity contribution in [2.75, 3.05) is 0 Å². The predicted octanol–water partition coefficient (Wildman–Crippen LogP) is 2.74. The van der Waals surface area contributed by atoms with E-state index < -0.39 is 11.7 Å². The molecule has 0 aliphatic carbocycles. The first-order chi connectivity index (χ1) is 8.54. The first kappa shape index (κ1) is 10.8. The zero-order chi connectivity index (χ0) is 12.8. The van der Waals surface area contributed by atoms with Crippen molar-refractivity contribution in [2.24, 2.45) is 0 Å². The maximum absolute atomic E-state index is 12.6. The van der Waals surface area contributed by atoms with Gasteiger partial charge in [-0.25, -0.2) is 4.98 Å². The molecule has 0 amide bonds. The van der Waals surface area contributed by atoms with E-state index in [0.717, 1.165) is 12.1 Å². The number of fused-ring (bicyclic) bond motifs is 1. The van der Waals surface area contributed by atoms with Gasteiger partial charge in [-0.3, -0.25) is 5.10 Å². The molecule has 3 rings (SSSR count). The van der Waals surface area contributed by atoms with Crippen molar-refractivity contribution in [3.05, 3.63) is 42.2 Å². The molecule has 4 nitrogen and oxygen atoms in total. The van der Waals surface area contributed by atoms with Gasteiger partial charge in [0, 0.05) is 11.6 Å². The van der Waals surface area contributed by atoms with Crippen LogP contribution in [0.25, 0.3) is 16.9 Å². The number of aromatic amines is 1. The van der Waals surface area contributed by atoms with Crippen molar-refractivity contribution < 1.29 is 13.2 Å². The summed E-state index contributed by atoms with van der Waals surface area (Å²) in [5.74, 6) is 0. The fourth-order valence-corrected chi connectivity index (χ4v) is 1.72. The maximum atomic E-state index is 12.6. The minimum atomic E-state index is -4.35.